The normalized spacial score (nSPS) is 12.6. The van der Waals surface area contributed by atoms with Crippen LogP contribution in [-0.2, 0) is 0 Å². The number of amides is 1. The number of carbonyl (C=O) groups is 1. The van der Waals surface area contributed by atoms with E-state index < -0.39 is 6.10 Å². The molecule has 0 aliphatic carbocycles. The van der Waals surface area contributed by atoms with Crippen molar-refractivity contribution in [3.8, 4) is 0 Å². The number of nitrogens with one attached hydrogen (secondary N) is 1. The molecule has 0 aromatic heterocycles. The smallest absolute Gasteiger partial charge is 0.252 e. The monoisotopic (exact) mass is 333 g/mol. The minimum atomic E-state index is -0.525. The summed E-state index contributed by atoms with van der Waals surface area (Å²) in [6, 6.07) is 5.07. The molecule has 1 aromatic carbocycles. The number of rotatable bonds is 5. The summed E-state index contributed by atoms with van der Waals surface area (Å²) in [5.41, 5.74) is 0.414. The number of hydrogen-bond donors (Lipinski definition) is 2. The van der Waals surface area contributed by atoms with Gasteiger partial charge in [-0.15, -0.1) is 0 Å². The first-order valence-electron chi connectivity index (χ1n) is 5.81. The van der Waals surface area contributed by atoms with E-state index in [4.69, 9.17) is 11.6 Å². The van der Waals surface area contributed by atoms with Crippen molar-refractivity contribution in [2.45, 2.75) is 26.4 Å². The molecular formula is C13H17BrClNO2. The molecule has 1 rings (SSSR count). The van der Waals surface area contributed by atoms with Crippen LogP contribution < -0.4 is 5.32 Å². The van der Waals surface area contributed by atoms with Crippen molar-refractivity contribution >= 4 is 33.4 Å². The lowest BCUT2D eigenvalue weighted by atomic mass is 10.1. The molecule has 100 valence electrons. The van der Waals surface area contributed by atoms with Crippen LogP contribution in [0.4, 0.5) is 0 Å². The van der Waals surface area contributed by atoms with Crippen molar-refractivity contribution in [2.24, 2.45) is 5.92 Å². The third-order valence-corrected chi connectivity index (χ3v) is 3.22. The van der Waals surface area contributed by atoms with E-state index in [1.165, 1.54) is 0 Å². The van der Waals surface area contributed by atoms with E-state index in [-0.39, 0.29) is 12.5 Å². The van der Waals surface area contributed by atoms with E-state index in [0.717, 1.165) is 4.47 Å². The largest absolute Gasteiger partial charge is 0.391 e. The Morgan fingerprint density at radius 2 is 2.17 bits per heavy atom. The first-order chi connectivity index (χ1) is 8.40. The van der Waals surface area contributed by atoms with E-state index in [1.54, 1.807) is 18.2 Å². The van der Waals surface area contributed by atoms with Gasteiger partial charge in [-0.2, -0.15) is 0 Å². The highest BCUT2D eigenvalue weighted by molar-refractivity contribution is 9.10. The van der Waals surface area contributed by atoms with Gasteiger partial charge in [0.25, 0.3) is 5.91 Å². The SMILES string of the molecule is CC(C)CC(O)CNC(=O)c1ccc(Br)cc1Cl. The lowest BCUT2D eigenvalue weighted by Gasteiger charge is -2.14. The summed E-state index contributed by atoms with van der Waals surface area (Å²) in [5.74, 6) is 0.128. The number of hydrogen-bond acceptors (Lipinski definition) is 2. The number of benzene rings is 1. The fourth-order valence-corrected chi connectivity index (χ4v) is 2.37. The molecule has 5 heteroatoms. The second-order valence-corrected chi connectivity index (χ2v) is 5.94. The third-order valence-electron chi connectivity index (χ3n) is 2.42. The molecule has 18 heavy (non-hydrogen) atoms. The van der Waals surface area contributed by atoms with Crippen LogP contribution in [0.1, 0.15) is 30.6 Å². The third kappa shape index (κ3) is 4.96. The van der Waals surface area contributed by atoms with Gasteiger partial charge in [-0.25, -0.2) is 0 Å². The molecule has 0 saturated carbocycles. The maximum Gasteiger partial charge on any atom is 0.252 e. The van der Waals surface area contributed by atoms with Crippen LogP contribution in [0.5, 0.6) is 0 Å². The predicted octanol–water partition coefficient (Wildman–Crippen LogP) is 3.24. The van der Waals surface area contributed by atoms with Crippen LogP contribution in [-0.4, -0.2) is 23.7 Å². The summed E-state index contributed by atoms with van der Waals surface area (Å²) >= 11 is 9.25. The molecule has 1 unspecified atom stereocenters. The number of aliphatic hydroxyl groups excluding tert-OH is 1. The second-order valence-electron chi connectivity index (χ2n) is 4.62. The molecule has 0 spiro atoms. The Labute approximate surface area is 121 Å². The Kier molecular flexibility index (Phi) is 6.12. The summed E-state index contributed by atoms with van der Waals surface area (Å²) in [7, 11) is 0. The van der Waals surface area contributed by atoms with Gasteiger partial charge < -0.3 is 10.4 Å². The molecule has 1 aromatic rings. The molecule has 0 aliphatic heterocycles. The average molecular weight is 335 g/mol. The number of halogens is 2. The van der Waals surface area contributed by atoms with Gasteiger partial charge in [0, 0.05) is 11.0 Å². The summed E-state index contributed by atoms with van der Waals surface area (Å²) < 4.78 is 0.823. The first-order valence-corrected chi connectivity index (χ1v) is 6.98. The lowest BCUT2D eigenvalue weighted by Crippen LogP contribution is -2.32. The summed E-state index contributed by atoms with van der Waals surface area (Å²) in [4.78, 5) is 11.8. The molecule has 0 saturated heterocycles. The Hall–Kier alpha value is -0.580. The molecule has 3 nitrogen and oxygen atoms in total. The van der Waals surface area contributed by atoms with Crippen LogP contribution >= 0.6 is 27.5 Å². The van der Waals surface area contributed by atoms with Crippen molar-refractivity contribution < 1.29 is 9.90 Å². The van der Waals surface area contributed by atoms with Gasteiger partial charge in [-0.3, -0.25) is 4.79 Å². The zero-order valence-corrected chi connectivity index (χ0v) is 12.8. The van der Waals surface area contributed by atoms with Crippen LogP contribution in [0.15, 0.2) is 22.7 Å². The molecule has 0 bridgehead atoms. The average Bonchev–Trinajstić information content (AvgIpc) is 2.25. The van der Waals surface area contributed by atoms with Crippen molar-refractivity contribution in [2.75, 3.05) is 6.54 Å². The Morgan fingerprint density at radius 3 is 2.72 bits per heavy atom. The fourth-order valence-electron chi connectivity index (χ4n) is 1.61. The minimum absolute atomic E-state index is 0.239. The summed E-state index contributed by atoms with van der Waals surface area (Å²) in [6.07, 6.45) is 0.136. The highest BCUT2D eigenvalue weighted by Crippen LogP contribution is 2.21. The van der Waals surface area contributed by atoms with Gasteiger partial charge >= 0.3 is 0 Å². The van der Waals surface area contributed by atoms with E-state index in [2.05, 4.69) is 21.2 Å². The molecule has 0 radical (unpaired) electrons. The maximum atomic E-state index is 11.8. The Balaban J connectivity index is 2.55. The molecule has 1 atom stereocenters. The van der Waals surface area contributed by atoms with Crippen LogP contribution in [0, 0.1) is 5.92 Å². The highest BCUT2D eigenvalue weighted by Gasteiger charge is 2.13. The van der Waals surface area contributed by atoms with E-state index >= 15 is 0 Å². The van der Waals surface area contributed by atoms with Gasteiger partial charge in [0.05, 0.1) is 16.7 Å². The predicted molar refractivity (Wildman–Crippen MR) is 76.9 cm³/mol. The topological polar surface area (TPSA) is 49.3 Å². The van der Waals surface area contributed by atoms with E-state index in [9.17, 15) is 9.90 Å². The zero-order chi connectivity index (χ0) is 13.7. The van der Waals surface area contributed by atoms with Crippen molar-refractivity contribution in [3.63, 3.8) is 0 Å². The Bertz CT molecular complexity index is 423. The van der Waals surface area contributed by atoms with Gasteiger partial charge in [0.2, 0.25) is 0 Å². The number of carbonyl (C=O) groups excluding carboxylic acids is 1. The second kappa shape index (κ2) is 7.12. The molecule has 2 N–H and O–H groups in total. The van der Waals surface area contributed by atoms with Crippen molar-refractivity contribution in [1.29, 1.82) is 0 Å². The first kappa shape index (κ1) is 15.5. The molecule has 0 fully saturated rings. The zero-order valence-electron chi connectivity index (χ0n) is 10.4. The van der Waals surface area contributed by atoms with Crippen LogP contribution in [0.3, 0.4) is 0 Å². The van der Waals surface area contributed by atoms with E-state index in [0.29, 0.717) is 22.9 Å². The minimum Gasteiger partial charge on any atom is -0.391 e. The Morgan fingerprint density at radius 1 is 1.50 bits per heavy atom. The standard InChI is InChI=1S/C13H17BrClNO2/c1-8(2)5-10(17)7-16-13(18)11-4-3-9(14)6-12(11)15/h3-4,6,8,10,17H,5,7H2,1-2H3,(H,16,18). The van der Waals surface area contributed by atoms with Gasteiger partial charge in [0.15, 0.2) is 0 Å². The molecular weight excluding hydrogens is 318 g/mol. The fraction of sp³-hybridized carbons (Fsp3) is 0.462. The molecule has 0 aliphatic rings. The van der Waals surface area contributed by atoms with Crippen molar-refractivity contribution in [3.05, 3.63) is 33.3 Å². The molecule has 0 heterocycles. The van der Waals surface area contributed by atoms with Crippen LogP contribution in [0.2, 0.25) is 5.02 Å². The van der Waals surface area contributed by atoms with Crippen molar-refractivity contribution in [1.82, 2.24) is 5.32 Å². The quantitative estimate of drug-likeness (QED) is 0.868. The lowest BCUT2D eigenvalue weighted by molar-refractivity contribution is 0.0900. The van der Waals surface area contributed by atoms with Crippen LogP contribution in [0.25, 0.3) is 0 Å². The number of aliphatic hydroxyl groups is 1. The summed E-state index contributed by atoms with van der Waals surface area (Å²) in [6.45, 7) is 4.29. The maximum absolute atomic E-state index is 11.8. The van der Waals surface area contributed by atoms with Gasteiger partial charge in [0.1, 0.15) is 0 Å². The van der Waals surface area contributed by atoms with Gasteiger partial charge in [-0.1, -0.05) is 41.4 Å². The summed E-state index contributed by atoms with van der Waals surface area (Å²) in [5, 5.41) is 12.7. The van der Waals surface area contributed by atoms with Gasteiger partial charge in [-0.05, 0) is 30.5 Å². The highest BCUT2D eigenvalue weighted by atomic mass is 79.9. The molecule has 1 amide bonds. The van der Waals surface area contributed by atoms with E-state index in [1.807, 2.05) is 13.8 Å².